The number of nitrogens with one attached hydrogen (secondary N) is 2. The van der Waals surface area contributed by atoms with Gasteiger partial charge in [-0.1, -0.05) is 24.3 Å². The first-order valence-corrected chi connectivity index (χ1v) is 10.4. The minimum atomic E-state index is -2.99. The van der Waals surface area contributed by atoms with Crippen LogP contribution in [0.4, 0.5) is 0 Å². The molecule has 0 amide bonds. The SMILES string of the molecule is CN=C(NCc1ccc(CS(C)(=O)=O)cc1)NC1CC2CCC1O2. The molecule has 1 aromatic rings. The number of benzene rings is 1. The number of guanidine groups is 1. The van der Waals surface area contributed by atoms with E-state index in [-0.39, 0.29) is 5.75 Å². The molecule has 3 unspecified atom stereocenters. The minimum absolute atomic E-state index is 0.0775. The topological polar surface area (TPSA) is 79.8 Å². The normalized spacial score (nSPS) is 26.6. The van der Waals surface area contributed by atoms with Crippen LogP contribution in [0.25, 0.3) is 0 Å². The molecule has 2 fully saturated rings. The van der Waals surface area contributed by atoms with E-state index in [9.17, 15) is 8.42 Å². The summed E-state index contributed by atoms with van der Waals surface area (Å²) in [7, 11) is -1.23. The van der Waals surface area contributed by atoms with Crippen LogP contribution in [-0.2, 0) is 26.9 Å². The Kier molecular flexibility index (Phi) is 5.10. The molecule has 2 heterocycles. The lowest BCUT2D eigenvalue weighted by molar-refractivity contribution is 0.0992. The van der Waals surface area contributed by atoms with E-state index in [1.807, 2.05) is 24.3 Å². The lowest BCUT2D eigenvalue weighted by Crippen LogP contribution is -2.47. The van der Waals surface area contributed by atoms with Gasteiger partial charge in [-0.25, -0.2) is 8.42 Å². The Bertz CT molecular complexity index is 700. The van der Waals surface area contributed by atoms with E-state index in [2.05, 4.69) is 15.6 Å². The molecule has 24 heavy (non-hydrogen) atoms. The number of sulfone groups is 1. The molecule has 2 N–H and O–H groups in total. The van der Waals surface area contributed by atoms with Crippen molar-refractivity contribution in [2.24, 2.45) is 4.99 Å². The molecule has 6 nitrogen and oxygen atoms in total. The molecule has 2 saturated heterocycles. The molecule has 7 heteroatoms. The second-order valence-corrected chi connectivity index (χ2v) is 8.81. The molecule has 2 aliphatic rings. The fourth-order valence-corrected chi connectivity index (χ4v) is 4.20. The number of nitrogens with zero attached hydrogens (tertiary/aromatic N) is 1. The second kappa shape index (κ2) is 7.11. The van der Waals surface area contributed by atoms with Gasteiger partial charge < -0.3 is 15.4 Å². The van der Waals surface area contributed by atoms with Crippen LogP contribution in [0.3, 0.4) is 0 Å². The van der Waals surface area contributed by atoms with E-state index in [0.29, 0.717) is 24.8 Å². The molecule has 132 valence electrons. The van der Waals surface area contributed by atoms with Crippen molar-refractivity contribution < 1.29 is 13.2 Å². The number of aliphatic imine (C=N–C) groups is 1. The van der Waals surface area contributed by atoms with Gasteiger partial charge in [0.05, 0.1) is 24.0 Å². The predicted octanol–water partition coefficient (Wildman–Crippen LogP) is 1.22. The molecule has 0 aromatic heterocycles. The molecular formula is C17H25N3O3S. The Morgan fingerprint density at radius 2 is 1.96 bits per heavy atom. The van der Waals surface area contributed by atoms with Gasteiger partial charge in [-0.3, -0.25) is 4.99 Å². The van der Waals surface area contributed by atoms with Crippen molar-refractivity contribution in [1.82, 2.24) is 10.6 Å². The third-order valence-electron chi connectivity index (χ3n) is 4.56. The monoisotopic (exact) mass is 351 g/mol. The zero-order chi connectivity index (χ0) is 17.2. The van der Waals surface area contributed by atoms with Crippen LogP contribution in [0.5, 0.6) is 0 Å². The molecule has 3 rings (SSSR count). The molecule has 1 aromatic carbocycles. The lowest BCUT2D eigenvalue weighted by atomic mass is 9.96. The highest BCUT2D eigenvalue weighted by molar-refractivity contribution is 7.89. The van der Waals surface area contributed by atoms with E-state index in [1.54, 1.807) is 7.05 Å². The summed E-state index contributed by atoms with van der Waals surface area (Å²) in [4.78, 5) is 4.28. The Hall–Kier alpha value is -1.60. The van der Waals surface area contributed by atoms with Gasteiger partial charge in [-0.15, -0.1) is 0 Å². The van der Waals surface area contributed by atoms with Crippen molar-refractivity contribution >= 4 is 15.8 Å². The van der Waals surface area contributed by atoms with E-state index in [1.165, 1.54) is 12.7 Å². The number of fused-ring (bicyclic) bond motifs is 2. The number of ether oxygens (including phenoxy) is 1. The fraction of sp³-hybridized carbons (Fsp3) is 0.588. The first kappa shape index (κ1) is 17.2. The summed E-state index contributed by atoms with van der Waals surface area (Å²) in [5.74, 6) is 0.852. The lowest BCUT2D eigenvalue weighted by Gasteiger charge is -2.22. The van der Waals surface area contributed by atoms with Gasteiger partial charge in [0.1, 0.15) is 0 Å². The number of rotatable bonds is 5. The molecule has 0 radical (unpaired) electrons. The van der Waals surface area contributed by atoms with Gasteiger partial charge in [0, 0.05) is 19.8 Å². The minimum Gasteiger partial charge on any atom is -0.373 e. The van der Waals surface area contributed by atoms with Crippen LogP contribution in [0.2, 0.25) is 0 Å². The first-order valence-electron chi connectivity index (χ1n) is 8.31. The van der Waals surface area contributed by atoms with Crippen LogP contribution in [0, 0.1) is 0 Å². The number of hydrogen-bond donors (Lipinski definition) is 2. The van der Waals surface area contributed by atoms with Crippen molar-refractivity contribution in [3.8, 4) is 0 Å². The number of hydrogen-bond acceptors (Lipinski definition) is 4. The van der Waals surface area contributed by atoms with Crippen molar-refractivity contribution in [1.29, 1.82) is 0 Å². The summed E-state index contributed by atoms with van der Waals surface area (Å²) in [5.41, 5.74) is 1.89. The molecule has 2 bridgehead atoms. The van der Waals surface area contributed by atoms with E-state index in [0.717, 1.165) is 29.9 Å². The van der Waals surface area contributed by atoms with Gasteiger partial charge >= 0.3 is 0 Å². The van der Waals surface area contributed by atoms with Crippen LogP contribution in [-0.4, -0.2) is 45.9 Å². The molecular weight excluding hydrogens is 326 g/mol. The van der Waals surface area contributed by atoms with Gasteiger partial charge in [0.25, 0.3) is 0 Å². The summed E-state index contributed by atoms with van der Waals surface area (Å²) in [6, 6.07) is 7.95. The smallest absolute Gasteiger partial charge is 0.191 e. The van der Waals surface area contributed by atoms with Crippen molar-refractivity contribution in [3.63, 3.8) is 0 Å². The highest BCUT2D eigenvalue weighted by atomic mass is 32.2. The van der Waals surface area contributed by atoms with E-state index < -0.39 is 9.84 Å². The average molecular weight is 351 g/mol. The summed E-state index contributed by atoms with van der Waals surface area (Å²) >= 11 is 0. The molecule has 0 saturated carbocycles. The van der Waals surface area contributed by atoms with Crippen LogP contribution >= 0.6 is 0 Å². The van der Waals surface area contributed by atoms with Crippen molar-refractivity contribution in [3.05, 3.63) is 35.4 Å². The zero-order valence-electron chi connectivity index (χ0n) is 14.2. The predicted molar refractivity (Wildman–Crippen MR) is 94.6 cm³/mol. The molecule has 3 atom stereocenters. The van der Waals surface area contributed by atoms with Gasteiger partial charge in [0.15, 0.2) is 15.8 Å². The first-order chi connectivity index (χ1) is 11.4. The van der Waals surface area contributed by atoms with Gasteiger partial charge in [-0.2, -0.15) is 0 Å². The third-order valence-corrected chi connectivity index (χ3v) is 5.42. The quantitative estimate of drug-likeness (QED) is 0.616. The van der Waals surface area contributed by atoms with Gasteiger partial charge in [-0.05, 0) is 30.4 Å². The Balaban J connectivity index is 1.50. The van der Waals surface area contributed by atoms with E-state index in [4.69, 9.17) is 4.74 Å². The third kappa shape index (κ3) is 4.48. The van der Waals surface area contributed by atoms with Crippen LogP contribution < -0.4 is 10.6 Å². The summed E-state index contributed by atoms with van der Waals surface area (Å²) in [6.45, 7) is 0.639. The zero-order valence-corrected chi connectivity index (χ0v) is 15.0. The highest BCUT2D eigenvalue weighted by Crippen LogP contribution is 2.34. The van der Waals surface area contributed by atoms with Crippen LogP contribution in [0.15, 0.2) is 29.3 Å². The average Bonchev–Trinajstić information content (AvgIpc) is 3.14. The summed E-state index contributed by atoms with van der Waals surface area (Å²) in [5, 5.41) is 6.75. The molecule has 2 aliphatic heterocycles. The Morgan fingerprint density at radius 3 is 2.50 bits per heavy atom. The van der Waals surface area contributed by atoms with E-state index >= 15 is 0 Å². The maximum absolute atomic E-state index is 11.3. The van der Waals surface area contributed by atoms with Gasteiger partial charge in [0.2, 0.25) is 0 Å². The highest BCUT2D eigenvalue weighted by Gasteiger charge is 2.41. The molecule has 0 aliphatic carbocycles. The summed E-state index contributed by atoms with van der Waals surface area (Å²) < 4.78 is 28.5. The van der Waals surface area contributed by atoms with Crippen LogP contribution in [0.1, 0.15) is 30.4 Å². The van der Waals surface area contributed by atoms with Crippen molar-refractivity contribution in [2.45, 2.75) is 49.8 Å². The largest absolute Gasteiger partial charge is 0.373 e. The maximum atomic E-state index is 11.3. The molecule has 0 spiro atoms. The summed E-state index contributed by atoms with van der Waals surface area (Å²) in [6.07, 6.45) is 5.32. The van der Waals surface area contributed by atoms with Crippen molar-refractivity contribution in [2.75, 3.05) is 13.3 Å². The second-order valence-electron chi connectivity index (χ2n) is 6.67. The fourth-order valence-electron chi connectivity index (χ4n) is 3.40. The Labute approximate surface area is 143 Å². The Morgan fingerprint density at radius 1 is 1.25 bits per heavy atom. The standard InChI is InChI=1S/C17H25N3O3S/c1-18-17(20-15-9-14-7-8-16(15)23-14)19-10-12-3-5-13(6-4-12)11-24(2,21)22/h3-6,14-16H,7-11H2,1-2H3,(H2,18,19,20). The maximum Gasteiger partial charge on any atom is 0.191 e.